The van der Waals surface area contributed by atoms with Crippen LogP contribution >= 0.6 is 0 Å². The quantitative estimate of drug-likeness (QED) is 0.483. The molecule has 194 valence electrons. The van der Waals surface area contributed by atoms with Gasteiger partial charge in [0.15, 0.2) is 19.7 Å². The fourth-order valence-electron chi connectivity index (χ4n) is 5.35. The van der Waals surface area contributed by atoms with Gasteiger partial charge in [-0.1, -0.05) is 71.0 Å². The highest BCUT2D eigenvalue weighted by atomic mass is 32.2. The van der Waals surface area contributed by atoms with Crippen molar-refractivity contribution in [2.45, 2.75) is 75.1 Å². The number of sulfone groups is 2. The van der Waals surface area contributed by atoms with Gasteiger partial charge in [-0.05, 0) is 24.6 Å². The maximum atomic E-state index is 12.3. The first kappa shape index (κ1) is 27.8. The van der Waals surface area contributed by atoms with Crippen molar-refractivity contribution in [2.75, 3.05) is 11.5 Å². The fraction of sp³-hybridized carbons (Fsp3) is 0.538. The molecule has 9 heteroatoms. The third-order valence-electron chi connectivity index (χ3n) is 7.18. The predicted molar refractivity (Wildman–Crippen MR) is 135 cm³/mol. The molecule has 2 aliphatic heterocycles. The molecule has 7 nitrogen and oxygen atoms in total. The summed E-state index contributed by atoms with van der Waals surface area (Å²) in [4.78, 5) is 0.483. The molecule has 3 unspecified atom stereocenters. The summed E-state index contributed by atoms with van der Waals surface area (Å²) < 4.78 is 49.2. The molecule has 35 heavy (non-hydrogen) atoms. The molecule has 2 aromatic carbocycles. The monoisotopic (exact) mass is 524 g/mol. The van der Waals surface area contributed by atoms with Crippen LogP contribution in [-0.2, 0) is 25.3 Å². The van der Waals surface area contributed by atoms with E-state index < -0.39 is 48.3 Å². The van der Waals surface area contributed by atoms with Crippen molar-refractivity contribution in [1.82, 2.24) is 0 Å². The zero-order chi connectivity index (χ0) is 26.6. The highest BCUT2D eigenvalue weighted by Crippen LogP contribution is 2.43. The predicted octanol–water partition coefficient (Wildman–Crippen LogP) is 3.03. The summed E-state index contributed by atoms with van der Waals surface area (Å²) in [6.07, 6.45) is -1.80. The summed E-state index contributed by atoms with van der Waals surface area (Å²) >= 11 is 0. The van der Waals surface area contributed by atoms with Crippen LogP contribution in [0.25, 0.3) is 0 Å². The van der Waals surface area contributed by atoms with Crippen molar-refractivity contribution in [3.8, 4) is 0 Å². The molecule has 0 bridgehead atoms. The Morgan fingerprint density at radius 1 is 0.743 bits per heavy atom. The summed E-state index contributed by atoms with van der Waals surface area (Å²) in [6.45, 7) is 10.2. The summed E-state index contributed by atoms with van der Waals surface area (Å²) in [7, 11) is -6.82. The SMILES string of the molecule is CC1(C)CS(=O)(=O)c2ccccc2C(C)(O)C1O.CC1c2ccccc2S(=O)(=O)CC(C)(C)[C@@H]1O. The summed E-state index contributed by atoms with van der Waals surface area (Å²) in [6, 6.07) is 13.3. The van der Waals surface area contributed by atoms with Crippen LogP contribution in [-0.4, -0.2) is 55.9 Å². The van der Waals surface area contributed by atoms with E-state index in [0.29, 0.717) is 4.90 Å². The van der Waals surface area contributed by atoms with Gasteiger partial charge in [0.25, 0.3) is 0 Å². The van der Waals surface area contributed by atoms with E-state index >= 15 is 0 Å². The van der Waals surface area contributed by atoms with Crippen LogP contribution in [0.5, 0.6) is 0 Å². The highest BCUT2D eigenvalue weighted by Gasteiger charge is 2.50. The van der Waals surface area contributed by atoms with E-state index in [1.807, 2.05) is 13.0 Å². The molecule has 0 fully saturated rings. The first-order valence-electron chi connectivity index (χ1n) is 11.6. The number of rotatable bonds is 0. The Morgan fingerprint density at radius 3 is 1.80 bits per heavy atom. The van der Waals surface area contributed by atoms with E-state index in [2.05, 4.69) is 0 Å². The Hall–Kier alpha value is -1.78. The molecule has 0 saturated carbocycles. The Morgan fingerprint density at radius 2 is 1.20 bits per heavy atom. The zero-order valence-corrected chi connectivity index (χ0v) is 22.7. The lowest BCUT2D eigenvalue weighted by Gasteiger charge is -2.37. The second kappa shape index (κ2) is 8.95. The molecule has 2 heterocycles. The molecule has 4 atom stereocenters. The summed E-state index contributed by atoms with van der Waals surface area (Å²) in [5.41, 5.74) is -2.13. The molecule has 0 aliphatic carbocycles. The second-order valence-electron chi connectivity index (χ2n) is 11.3. The minimum Gasteiger partial charge on any atom is -0.392 e. The van der Waals surface area contributed by atoms with Crippen molar-refractivity contribution in [3.63, 3.8) is 0 Å². The van der Waals surface area contributed by atoms with Gasteiger partial charge in [-0.15, -0.1) is 0 Å². The summed E-state index contributed by atoms with van der Waals surface area (Å²) in [5.74, 6) is -0.366. The largest absolute Gasteiger partial charge is 0.392 e. The highest BCUT2D eigenvalue weighted by molar-refractivity contribution is 7.91. The van der Waals surface area contributed by atoms with E-state index in [4.69, 9.17) is 0 Å². The Kier molecular flexibility index (Phi) is 7.11. The molecule has 0 saturated heterocycles. The Labute approximate surface area is 208 Å². The van der Waals surface area contributed by atoms with Gasteiger partial charge in [0, 0.05) is 22.3 Å². The zero-order valence-electron chi connectivity index (χ0n) is 21.1. The van der Waals surface area contributed by atoms with E-state index in [1.54, 1.807) is 64.1 Å². The minimum absolute atomic E-state index is 0.0114. The van der Waals surface area contributed by atoms with Crippen molar-refractivity contribution < 1.29 is 32.2 Å². The lowest BCUT2D eigenvalue weighted by molar-refractivity contribution is -0.114. The number of hydrogen-bond donors (Lipinski definition) is 3. The molecule has 0 amide bonds. The molecule has 2 aliphatic rings. The third-order valence-corrected chi connectivity index (χ3v) is 11.5. The van der Waals surface area contributed by atoms with Gasteiger partial charge >= 0.3 is 0 Å². The second-order valence-corrected chi connectivity index (χ2v) is 15.2. The van der Waals surface area contributed by atoms with Gasteiger partial charge in [0.05, 0.1) is 33.5 Å². The van der Waals surface area contributed by atoms with Crippen LogP contribution in [0.3, 0.4) is 0 Å². The number of aliphatic hydroxyl groups is 3. The maximum absolute atomic E-state index is 12.3. The minimum atomic E-state index is -3.51. The lowest BCUT2D eigenvalue weighted by atomic mass is 9.76. The maximum Gasteiger partial charge on any atom is 0.179 e. The van der Waals surface area contributed by atoms with Gasteiger partial charge < -0.3 is 15.3 Å². The van der Waals surface area contributed by atoms with Crippen molar-refractivity contribution in [1.29, 1.82) is 0 Å². The van der Waals surface area contributed by atoms with Crippen molar-refractivity contribution in [2.24, 2.45) is 10.8 Å². The number of aliphatic hydroxyl groups excluding tert-OH is 2. The molecule has 3 N–H and O–H groups in total. The van der Waals surface area contributed by atoms with Crippen molar-refractivity contribution >= 4 is 19.7 Å². The van der Waals surface area contributed by atoms with E-state index in [9.17, 15) is 32.2 Å². The van der Waals surface area contributed by atoms with Crippen LogP contribution in [0.1, 0.15) is 58.6 Å². The van der Waals surface area contributed by atoms with E-state index in [-0.39, 0.29) is 27.9 Å². The molecule has 0 radical (unpaired) electrons. The first-order valence-corrected chi connectivity index (χ1v) is 14.9. The number of benzene rings is 2. The third kappa shape index (κ3) is 5.06. The van der Waals surface area contributed by atoms with Crippen LogP contribution < -0.4 is 0 Å². The molecule has 0 aromatic heterocycles. The molecule has 0 spiro atoms. The van der Waals surface area contributed by atoms with Gasteiger partial charge in [0.1, 0.15) is 5.60 Å². The van der Waals surface area contributed by atoms with Crippen LogP contribution in [0.4, 0.5) is 0 Å². The average molecular weight is 525 g/mol. The normalized spacial score (nSPS) is 32.0. The Bertz CT molecular complexity index is 1310. The molecule has 2 aromatic rings. The summed E-state index contributed by atoms with van der Waals surface area (Å²) in [5, 5.41) is 31.1. The van der Waals surface area contributed by atoms with Gasteiger partial charge in [-0.25, -0.2) is 16.8 Å². The average Bonchev–Trinajstić information content (AvgIpc) is 2.83. The standard InChI is InChI=1S/C13H18O4S.C13H18O3S/c1-12(2)8-18(16,17)10-7-5-4-6-9(10)13(3,15)11(12)14;1-9-10-6-4-5-7-11(10)17(15,16)8-13(2,3)12(9)14/h4-7,11,14-15H,8H2,1-3H3;4-7,9,12,14H,8H2,1-3H3/t;9?,12-/m.1/s1. The lowest BCUT2D eigenvalue weighted by Crippen LogP contribution is -2.46. The van der Waals surface area contributed by atoms with Crippen LogP contribution in [0.2, 0.25) is 0 Å². The smallest absolute Gasteiger partial charge is 0.179 e. The topological polar surface area (TPSA) is 129 Å². The van der Waals surface area contributed by atoms with Crippen molar-refractivity contribution in [3.05, 3.63) is 59.7 Å². The number of fused-ring (bicyclic) bond motifs is 2. The van der Waals surface area contributed by atoms with Gasteiger partial charge in [-0.3, -0.25) is 0 Å². The molecule has 4 rings (SSSR count). The van der Waals surface area contributed by atoms with Crippen LogP contribution in [0, 0.1) is 10.8 Å². The molecular formula is C26H36O7S2. The first-order chi connectivity index (χ1) is 15.8. The van der Waals surface area contributed by atoms with Gasteiger partial charge in [0.2, 0.25) is 0 Å². The Balaban J connectivity index is 0.000000196. The fourth-order valence-corrected chi connectivity index (χ4v) is 9.74. The molecular weight excluding hydrogens is 488 g/mol. The van der Waals surface area contributed by atoms with E-state index in [0.717, 1.165) is 5.56 Å². The van der Waals surface area contributed by atoms with E-state index in [1.165, 1.54) is 13.0 Å². The van der Waals surface area contributed by atoms with Crippen LogP contribution in [0.15, 0.2) is 58.3 Å². The number of hydrogen-bond acceptors (Lipinski definition) is 7. The van der Waals surface area contributed by atoms with Gasteiger partial charge in [-0.2, -0.15) is 0 Å².